The molecule has 1 saturated carbocycles. The van der Waals surface area contributed by atoms with Crippen molar-refractivity contribution >= 4 is 16.7 Å². The van der Waals surface area contributed by atoms with E-state index >= 15 is 0 Å². The first-order valence-electron chi connectivity index (χ1n) is 8.13. The maximum atomic E-state index is 13.1. The van der Waals surface area contributed by atoms with Crippen molar-refractivity contribution in [1.82, 2.24) is 9.97 Å². The minimum absolute atomic E-state index is 0.207. The van der Waals surface area contributed by atoms with Gasteiger partial charge in [0.2, 0.25) is 0 Å². The molecule has 0 amide bonds. The third kappa shape index (κ3) is 3.13. The molecule has 4 rings (SSSR count). The van der Waals surface area contributed by atoms with Gasteiger partial charge in [0, 0.05) is 18.0 Å². The summed E-state index contributed by atoms with van der Waals surface area (Å²) >= 11 is 0. The molecule has 23 heavy (non-hydrogen) atoms. The lowest BCUT2D eigenvalue weighted by Crippen LogP contribution is -2.35. The summed E-state index contributed by atoms with van der Waals surface area (Å²) in [6.07, 6.45) is 1.88. The van der Waals surface area contributed by atoms with Gasteiger partial charge in [-0.3, -0.25) is 0 Å². The Morgan fingerprint density at radius 2 is 1.96 bits per heavy atom. The van der Waals surface area contributed by atoms with Gasteiger partial charge in [-0.05, 0) is 43.7 Å². The quantitative estimate of drug-likeness (QED) is 0.927. The van der Waals surface area contributed by atoms with Crippen molar-refractivity contribution in [3.8, 4) is 0 Å². The van der Waals surface area contributed by atoms with Crippen LogP contribution in [-0.4, -0.2) is 28.7 Å². The van der Waals surface area contributed by atoms with Gasteiger partial charge in [0.1, 0.15) is 5.82 Å². The number of nitrogens with zero attached hydrogens (tertiary/aromatic N) is 2. The fourth-order valence-corrected chi connectivity index (χ4v) is 3.25. The Bertz CT molecular complexity index is 705. The Morgan fingerprint density at radius 3 is 2.74 bits per heavy atom. The maximum absolute atomic E-state index is 13.1. The van der Waals surface area contributed by atoms with Crippen LogP contribution < -0.4 is 5.32 Å². The second-order valence-corrected chi connectivity index (χ2v) is 6.36. The second kappa shape index (κ2) is 6.00. The minimum atomic E-state index is -2.67. The van der Waals surface area contributed by atoms with Crippen molar-refractivity contribution in [2.75, 3.05) is 11.9 Å². The lowest BCUT2D eigenvalue weighted by Gasteiger charge is -2.30. The zero-order valence-corrected chi connectivity index (χ0v) is 12.7. The molecular formula is C17H19F2N3O. The van der Waals surface area contributed by atoms with Gasteiger partial charge in [0.05, 0.1) is 11.6 Å². The van der Waals surface area contributed by atoms with Crippen LogP contribution in [0.25, 0.3) is 10.9 Å². The number of hydrogen-bond donors (Lipinski definition) is 1. The molecule has 2 heterocycles. The molecule has 4 nitrogen and oxygen atoms in total. The van der Waals surface area contributed by atoms with Gasteiger partial charge in [-0.1, -0.05) is 12.1 Å². The highest BCUT2D eigenvalue weighted by atomic mass is 19.3. The smallest absolute Gasteiger partial charge is 0.297 e. The normalized spacial score (nSPS) is 25.0. The molecule has 1 aromatic heterocycles. The highest BCUT2D eigenvalue weighted by Gasteiger charge is 2.36. The van der Waals surface area contributed by atoms with E-state index in [0.29, 0.717) is 30.0 Å². The number of benzene rings is 1. The van der Waals surface area contributed by atoms with Crippen LogP contribution in [0.15, 0.2) is 24.3 Å². The average Bonchev–Trinajstić information content (AvgIpc) is 3.40. The number of alkyl halides is 2. The third-order valence-corrected chi connectivity index (χ3v) is 4.62. The second-order valence-electron chi connectivity index (χ2n) is 6.36. The fraction of sp³-hybridized carbons (Fsp3) is 0.529. The van der Waals surface area contributed by atoms with Crippen LogP contribution in [0.2, 0.25) is 0 Å². The van der Waals surface area contributed by atoms with Gasteiger partial charge in [-0.25, -0.2) is 18.7 Å². The lowest BCUT2D eigenvalue weighted by molar-refractivity contribution is -0.00223. The van der Waals surface area contributed by atoms with E-state index in [1.807, 2.05) is 12.1 Å². The molecule has 122 valence electrons. The summed E-state index contributed by atoms with van der Waals surface area (Å²) in [6, 6.07) is 7.48. The molecule has 6 heteroatoms. The molecule has 2 aliphatic rings. The number of rotatable bonds is 4. The number of halogens is 2. The Morgan fingerprint density at radius 1 is 1.13 bits per heavy atom. The number of nitrogens with one attached hydrogen (secondary N) is 1. The first-order valence-corrected chi connectivity index (χ1v) is 8.13. The van der Waals surface area contributed by atoms with Crippen molar-refractivity contribution in [2.24, 2.45) is 5.92 Å². The summed E-state index contributed by atoms with van der Waals surface area (Å²) < 4.78 is 31.9. The van der Waals surface area contributed by atoms with Crippen LogP contribution >= 0.6 is 0 Å². The van der Waals surface area contributed by atoms with Gasteiger partial charge in [-0.2, -0.15) is 0 Å². The van der Waals surface area contributed by atoms with Crippen molar-refractivity contribution in [2.45, 2.75) is 44.3 Å². The number of para-hydroxylation sites is 1. The lowest BCUT2D eigenvalue weighted by atomic mass is 10.00. The number of anilines is 1. The first kappa shape index (κ1) is 14.8. The average molecular weight is 319 g/mol. The van der Waals surface area contributed by atoms with E-state index in [1.165, 1.54) is 12.8 Å². The van der Waals surface area contributed by atoms with E-state index < -0.39 is 12.2 Å². The van der Waals surface area contributed by atoms with Gasteiger partial charge < -0.3 is 10.1 Å². The Balaban J connectivity index is 1.61. The van der Waals surface area contributed by atoms with Crippen LogP contribution in [0.1, 0.15) is 37.9 Å². The van der Waals surface area contributed by atoms with Crippen LogP contribution in [0.3, 0.4) is 0 Å². The number of fused-ring (bicyclic) bond motifs is 1. The summed E-state index contributed by atoms with van der Waals surface area (Å²) in [6.45, 7) is 0.712. The van der Waals surface area contributed by atoms with Gasteiger partial charge in [-0.15, -0.1) is 0 Å². The minimum Gasteiger partial charge on any atom is -0.378 e. The molecule has 0 spiro atoms. The van der Waals surface area contributed by atoms with E-state index in [4.69, 9.17) is 4.74 Å². The van der Waals surface area contributed by atoms with Crippen LogP contribution in [0.4, 0.5) is 14.6 Å². The van der Waals surface area contributed by atoms with Gasteiger partial charge in [0.25, 0.3) is 6.43 Å². The summed E-state index contributed by atoms with van der Waals surface area (Å²) in [5.41, 5.74) is 0.547. The van der Waals surface area contributed by atoms with E-state index in [9.17, 15) is 8.78 Å². The monoisotopic (exact) mass is 319 g/mol. The summed E-state index contributed by atoms with van der Waals surface area (Å²) in [7, 11) is 0. The van der Waals surface area contributed by atoms with Gasteiger partial charge in [0.15, 0.2) is 5.82 Å². The van der Waals surface area contributed by atoms with Gasteiger partial charge >= 0.3 is 0 Å². The molecule has 1 aliphatic heterocycles. The fourth-order valence-electron chi connectivity index (χ4n) is 3.25. The topological polar surface area (TPSA) is 47.0 Å². The highest BCUT2D eigenvalue weighted by molar-refractivity contribution is 5.89. The number of ether oxygens (including phenoxy) is 1. The molecule has 2 fully saturated rings. The van der Waals surface area contributed by atoms with Crippen molar-refractivity contribution in [3.63, 3.8) is 0 Å². The molecule has 2 atom stereocenters. The first-order chi connectivity index (χ1) is 11.2. The number of hydrogen-bond acceptors (Lipinski definition) is 4. The maximum Gasteiger partial charge on any atom is 0.297 e. The van der Waals surface area contributed by atoms with Crippen molar-refractivity contribution in [3.05, 3.63) is 30.1 Å². The zero-order valence-electron chi connectivity index (χ0n) is 12.7. The molecule has 1 aromatic carbocycles. The largest absolute Gasteiger partial charge is 0.378 e. The third-order valence-electron chi connectivity index (χ3n) is 4.62. The number of aromatic nitrogens is 2. The SMILES string of the molecule is FC(F)c1nc(NC2CCOC(C3CC3)C2)c2ccccc2n1. The Kier molecular flexibility index (Phi) is 3.85. The summed E-state index contributed by atoms with van der Waals surface area (Å²) in [4.78, 5) is 8.02. The molecule has 1 saturated heterocycles. The molecule has 2 aromatic rings. The molecule has 0 bridgehead atoms. The molecule has 0 radical (unpaired) electrons. The molecular weight excluding hydrogens is 300 g/mol. The zero-order chi connectivity index (χ0) is 15.8. The summed E-state index contributed by atoms with van der Waals surface area (Å²) in [5, 5.41) is 4.15. The predicted molar refractivity (Wildman–Crippen MR) is 83.6 cm³/mol. The predicted octanol–water partition coefficient (Wildman–Crippen LogP) is 3.94. The van der Waals surface area contributed by atoms with E-state index in [-0.39, 0.29) is 6.04 Å². The standard InChI is InChI=1S/C17H19F2N3O/c18-15(19)17-21-13-4-2-1-3-12(13)16(22-17)20-11-7-8-23-14(9-11)10-5-6-10/h1-4,10-11,14-15H,5-9H2,(H,20,21,22). The summed E-state index contributed by atoms with van der Waals surface area (Å²) in [5.74, 6) is 0.766. The van der Waals surface area contributed by atoms with E-state index in [1.54, 1.807) is 12.1 Å². The molecule has 1 aliphatic carbocycles. The molecule has 1 N–H and O–H groups in total. The Hall–Kier alpha value is -1.82. The van der Waals surface area contributed by atoms with Crippen molar-refractivity contribution < 1.29 is 13.5 Å². The van der Waals surface area contributed by atoms with E-state index in [2.05, 4.69) is 15.3 Å². The van der Waals surface area contributed by atoms with Crippen LogP contribution in [0, 0.1) is 5.92 Å². The van der Waals surface area contributed by atoms with Crippen LogP contribution in [0.5, 0.6) is 0 Å². The van der Waals surface area contributed by atoms with Crippen LogP contribution in [-0.2, 0) is 4.74 Å². The Labute approximate surface area is 133 Å². The van der Waals surface area contributed by atoms with E-state index in [0.717, 1.165) is 18.2 Å². The van der Waals surface area contributed by atoms with Crippen molar-refractivity contribution in [1.29, 1.82) is 0 Å². The highest BCUT2D eigenvalue weighted by Crippen LogP contribution is 2.38. The molecule has 2 unspecified atom stereocenters.